The normalized spacial score (nSPS) is 11.9. The molecule has 0 radical (unpaired) electrons. The number of aliphatic hydroxyl groups excluding tert-OH is 1. The molecular formula is C20H34O6. The van der Waals surface area contributed by atoms with Crippen LogP contribution in [0.5, 0.6) is 0 Å². The number of unbranched alkanes of at least 4 members (excludes halogenated alkanes) is 9. The number of allylic oxidation sites excluding steroid dienone is 6. The Labute approximate surface area is 156 Å². The van der Waals surface area contributed by atoms with Crippen LogP contribution < -0.4 is 0 Å². The predicted octanol–water partition coefficient (Wildman–Crippen LogP) is 6.05. The van der Waals surface area contributed by atoms with Crippen LogP contribution in [-0.4, -0.2) is 26.8 Å². The van der Waals surface area contributed by atoms with E-state index >= 15 is 0 Å². The van der Waals surface area contributed by atoms with E-state index in [1.807, 2.05) is 6.08 Å². The molecule has 4 N–H and O–H groups in total. The number of carbonyl (C=O) groups is 1. The number of carbonyl (C=O) groups excluding carboxylic acids is 1. The molecule has 0 aliphatic rings. The topological polar surface area (TPSA) is 107 Å². The maximum absolute atomic E-state index is 10.6. The van der Waals surface area contributed by atoms with Crippen molar-refractivity contribution in [2.45, 2.75) is 71.1 Å². The van der Waals surface area contributed by atoms with Gasteiger partial charge in [0.1, 0.15) is 5.76 Å². The molecule has 0 spiro atoms. The number of rotatable bonds is 14. The third-order valence-corrected chi connectivity index (χ3v) is 3.58. The second-order valence-electron chi connectivity index (χ2n) is 5.77. The second kappa shape index (κ2) is 23.1. The molecule has 0 rings (SSSR count). The van der Waals surface area contributed by atoms with Crippen molar-refractivity contribution in [3.63, 3.8) is 0 Å². The summed E-state index contributed by atoms with van der Waals surface area (Å²) < 4.78 is 0. The van der Waals surface area contributed by atoms with E-state index in [9.17, 15) is 9.90 Å². The molecule has 0 amide bonds. The van der Waals surface area contributed by atoms with Crippen molar-refractivity contribution in [3.8, 4) is 0 Å². The van der Waals surface area contributed by atoms with Crippen LogP contribution in [-0.2, 0) is 9.68 Å². The molecule has 6 nitrogen and oxygen atoms in total. The number of aliphatic hydroxyl groups is 1. The van der Waals surface area contributed by atoms with Crippen molar-refractivity contribution in [2.24, 2.45) is 0 Å². The van der Waals surface area contributed by atoms with Gasteiger partial charge in [0.2, 0.25) is 0 Å². The summed E-state index contributed by atoms with van der Waals surface area (Å²) in [6.45, 7) is 2.24. The molecule has 150 valence electrons. The van der Waals surface area contributed by atoms with Crippen LogP contribution in [0.3, 0.4) is 0 Å². The Kier molecular flexibility index (Phi) is 23.4. The molecule has 0 unspecified atom stereocenters. The van der Waals surface area contributed by atoms with E-state index in [0.29, 0.717) is 0 Å². The SMILES string of the molecule is CCCCCCCCCCCC=CC=CC(O)=CC=CC(=O)OO.OO. The first-order valence-electron chi connectivity index (χ1n) is 9.16. The molecule has 0 aliphatic carbocycles. The molecule has 6 heteroatoms. The summed E-state index contributed by atoms with van der Waals surface area (Å²) in [6.07, 6.45) is 23.9. The minimum absolute atomic E-state index is 0.0183. The third kappa shape index (κ3) is 22.1. The predicted molar refractivity (Wildman–Crippen MR) is 104 cm³/mol. The van der Waals surface area contributed by atoms with Crippen molar-refractivity contribution in [1.29, 1.82) is 0 Å². The van der Waals surface area contributed by atoms with E-state index in [4.69, 9.17) is 15.8 Å². The molecule has 0 saturated carbocycles. The van der Waals surface area contributed by atoms with Gasteiger partial charge in [0.25, 0.3) is 0 Å². The molecule has 0 aromatic heterocycles. The van der Waals surface area contributed by atoms with Gasteiger partial charge in [0, 0.05) is 6.08 Å². The van der Waals surface area contributed by atoms with Crippen molar-refractivity contribution in [2.75, 3.05) is 0 Å². The average molecular weight is 370 g/mol. The van der Waals surface area contributed by atoms with Gasteiger partial charge < -0.3 is 5.11 Å². The van der Waals surface area contributed by atoms with Crippen LogP contribution in [0, 0.1) is 0 Å². The Bertz CT molecular complexity index is 424. The van der Waals surface area contributed by atoms with Crippen molar-refractivity contribution in [1.82, 2.24) is 0 Å². The van der Waals surface area contributed by atoms with Crippen LogP contribution >= 0.6 is 0 Å². The molecule has 0 bridgehead atoms. The maximum atomic E-state index is 10.6. The van der Waals surface area contributed by atoms with Crippen molar-refractivity contribution >= 4 is 5.97 Å². The zero-order valence-electron chi connectivity index (χ0n) is 15.7. The van der Waals surface area contributed by atoms with E-state index < -0.39 is 5.97 Å². The van der Waals surface area contributed by atoms with E-state index in [0.717, 1.165) is 12.5 Å². The van der Waals surface area contributed by atoms with Crippen LogP contribution in [0.2, 0.25) is 0 Å². The quantitative estimate of drug-likeness (QED) is 0.0740. The van der Waals surface area contributed by atoms with Gasteiger partial charge in [-0.2, -0.15) is 5.26 Å². The number of hydrogen-bond acceptors (Lipinski definition) is 6. The Morgan fingerprint density at radius 3 is 2.00 bits per heavy atom. The summed E-state index contributed by atoms with van der Waals surface area (Å²) in [5.74, 6) is -0.867. The summed E-state index contributed by atoms with van der Waals surface area (Å²) >= 11 is 0. The largest absolute Gasteiger partial charge is 0.508 e. The molecule has 0 fully saturated rings. The highest BCUT2D eigenvalue weighted by atomic mass is 17.1. The van der Waals surface area contributed by atoms with E-state index in [-0.39, 0.29) is 5.76 Å². The summed E-state index contributed by atoms with van der Waals surface area (Å²) in [5, 5.41) is 29.5. The molecule has 26 heavy (non-hydrogen) atoms. The smallest absolute Gasteiger partial charge is 0.365 e. The fourth-order valence-electron chi connectivity index (χ4n) is 2.21. The molecule has 0 heterocycles. The minimum atomic E-state index is -0.885. The van der Waals surface area contributed by atoms with Gasteiger partial charge >= 0.3 is 5.97 Å². The van der Waals surface area contributed by atoms with Gasteiger partial charge in [-0.15, -0.1) is 0 Å². The average Bonchev–Trinajstić information content (AvgIpc) is 2.67. The highest BCUT2D eigenvalue weighted by molar-refractivity contribution is 5.81. The molecule has 0 aromatic rings. The van der Waals surface area contributed by atoms with E-state index in [2.05, 4.69) is 17.9 Å². The molecule has 0 aromatic carbocycles. The lowest BCUT2D eigenvalue weighted by molar-refractivity contribution is -0.228. The monoisotopic (exact) mass is 370 g/mol. The standard InChI is InChI=1S/C20H32O4.H2O2/c1-2-3-4-5-6-7-8-9-10-11-12-13-14-16-19(21)17-15-18-20(22)24-23;1-2/h12-18,21,23H,2-11H2,1H3;1-2H. The highest BCUT2D eigenvalue weighted by Crippen LogP contribution is 2.10. The van der Waals surface area contributed by atoms with Crippen LogP contribution in [0.1, 0.15) is 71.1 Å². The number of hydrogen-bond donors (Lipinski definition) is 4. The van der Waals surface area contributed by atoms with Crippen LogP contribution in [0.25, 0.3) is 0 Å². The first-order valence-corrected chi connectivity index (χ1v) is 9.16. The fourth-order valence-corrected chi connectivity index (χ4v) is 2.21. The minimum Gasteiger partial charge on any atom is -0.508 e. The molecule has 0 aliphatic heterocycles. The first-order chi connectivity index (χ1) is 12.7. The van der Waals surface area contributed by atoms with Crippen molar-refractivity contribution in [3.05, 3.63) is 48.3 Å². The van der Waals surface area contributed by atoms with Gasteiger partial charge in [-0.1, -0.05) is 82.6 Å². The summed E-state index contributed by atoms with van der Waals surface area (Å²) in [4.78, 5) is 14.0. The lowest BCUT2D eigenvalue weighted by atomic mass is 10.1. The Balaban J connectivity index is 0. The Morgan fingerprint density at radius 1 is 0.846 bits per heavy atom. The molecule has 0 atom stereocenters. The Hall–Kier alpha value is -1.89. The van der Waals surface area contributed by atoms with E-state index in [1.165, 1.54) is 76.0 Å². The van der Waals surface area contributed by atoms with Crippen LogP contribution in [0.15, 0.2) is 48.3 Å². The van der Waals surface area contributed by atoms with Gasteiger partial charge in [0.15, 0.2) is 0 Å². The summed E-state index contributed by atoms with van der Waals surface area (Å²) in [5.41, 5.74) is 0. The molecule has 0 saturated heterocycles. The van der Waals surface area contributed by atoms with Crippen molar-refractivity contribution < 1.29 is 30.6 Å². The van der Waals surface area contributed by atoms with Crippen LogP contribution in [0.4, 0.5) is 0 Å². The lowest BCUT2D eigenvalue weighted by Crippen LogP contribution is -1.93. The summed E-state index contributed by atoms with van der Waals surface area (Å²) in [7, 11) is 0. The second-order valence-corrected chi connectivity index (χ2v) is 5.77. The van der Waals surface area contributed by atoms with Gasteiger partial charge in [-0.05, 0) is 25.0 Å². The maximum Gasteiger partial charge on any atom is 0.365 e. The fraction of sp³-hybridized carbons (Fsp3) is 0.550. The van der Waals surface area contributed by atoms with Gasteiger partial charge in [0.05, 0.1) is 0 Å². The van der Waals surface area contributed by atoms with E-state index in [1.54, 1.807) is 6.08 Å². The first kappa shape index (κ1) is 26.3. The zero-order valence-corrected chi connectivity index (χ0v) is 15.7. The zero-order chi connectivity index (χ0) is 19.9. The molecular weight excluding hydrogens is 336 g/mol. The summed E-state index contributed by atoms with van der Waals surface area (Å²) in [6, 6.07) is 0. The highest BCUT2D eigenvalue weighted by Gasteiger charge is 1.91. The van der Waals surface area contributed by atoms with Gasteiger partial charge in [-0.25, -0.2) is 4.79 Å². The third-order valence-electron chi connectivity index (χ3n) is 3.58. The lowest BCUT2D eigenvalue weighted by Gasteiger charge is -2.00. The Morgan fingerprint density at radius 2 is 1.42 bits per heavy atom. The van der Waals surface area contributed by atoms with Gasteiger partial charge in [-0.3, -0.25) is 15.4 Å².